The number of thioether (sulfide) groups is 1. The Morgan fingerprint density at radius 2 is 2.45 bits per heavy atom. The van der Waals surface area contributed by atoms with E-state index in [9.17, 15) is 4.79 Å². The fourth-order valence-corrected chi connectivity index (χ4v) is 1.14. The Balaban J connectivity index is 2.76. The van der Waals surface area contributed by atoms with Crippen molar-refractivity contribution in [2.45, 2.75) is 6.92 Å². The van der Waals surface area contributed by atoms with Gasteiger partial charge in [0.25, 0.3) is 0 Å². The first-order chi connectivity index (χ1) is 5.25. The number of nitrogen functional groups attached to an aromatic ring is 1. The van der Waals surface area contributed by atoms with Crippen LogP contribution in [0.3, 0.4) is 0 Å². The molecule has 60 valence electrons. The van der Waals surface area contributed by atoms with E-state index in [1.54, 1.807) is 0 Å². The van der Waals surface area contributed by atoms with Crippen LogP contribution in [0.25, 0.3) is 0 Å². The first kappa shape index (κ1) is 8.06. The molecule has 0 saturated heterocycles. The van der Waals surface area contributed by atoms with Gasteiger partial charge in [-0.2, -0.15) is 5.21 Å². The predicted molar refractivity (Wildman–Crippen MR) is 43.3 cm³/mol. The minimum atomic E-state index is -0.140. The van der Waals surface area contributed by atoms with Crippen LogP contribution >= 0.6 is 11.8 Å². The third-order valence-corrected chi connectivity index (χ3v) is 1.79. The van der Waals surface area contributed by atoms with Crippen LogP contribution in [0.15, 0.2) is 0 Å². The van der Waals surface area contributed by atoms with Gasteiger partial charge in [0.15, 0.2) is 11.5 Å². The van der Waals surface area contributed by atoms with E-state index in [1.807, 2.05) is 6.92 Å². The smallest absolute Gasteiger partial charge is 0.243 e. The molecule has 0 fully saturated rings. The van der Waals surface area contributed by atoms with E-state index in [1.165, 1.54) is 0 Å². The largest absolute Gasteiger partial charge is 0.380 e. The summed E-state index contributed by atoms with van der Waals surface area (Å²) in [6.07, 6.45) is 0. The van der Waals surface area contributed by atoms with Gasteiger partial charge in [0.2, 0.25) is 5.12 Å². The van der Waals surface area contributed by atoms with Crippen molar-refractivity contribution in [2.75, 3.05) is 11.5 Å². The third-order valence-electron chi connectivity index (χ3n) is 1.04. The summed E-state index contributed by atoms with van der Waals surface area (Å²) in [5, 5.41) is 9.27. The summed E-state index contributed by atoms with van der Waals surface area (Å²) < 4.78 is 0. The normalized spacial score (nSPS) is 9.91. The molecule has 0 aliphatic heterocycles. The number of nitrogens with two attached hydrogens (primary N) is 1. The second kappa shape index (κ2) is 3.38. The molecule has 1 aromatic heterocycles. The van der Waals surface area contributed by atoms with Crippen molar-refractivity contribution in [2.24, 2.45) is 0 Å². The average Bonchev–Trinajstić information content (AvgIpc) is 2.36. The molecule has 1 heterocycles. The van der Waals surface area contributed by atoms with Gasteiger partial charge in [-0.25, -0.2) is 0 Å². The maximum atomic E-state index is 11.1. The molecule has 0 bridgehead atoms. The molecule has 1 rings (SSSR count). The van der Waals surface area contributed by atoms with Gasteiger partial charge in [-0.05, 0) is 5.75 Å². The molecule has 0 unspecified atom stereocenters. The summed E-state index contributed by atoms with van der Waals surface area (Å²) in [6.45, 7) is 1.89. The zero-order chi connectivity index (χ0) is 8.27. The fraction of sp³-hybridized carbons (Fsp3) is 0.400. The quantitative estimate of drug-likeness (QED) is 0.669. The third kappa shape index (κ3) is 1.70. The van der Waals surface area contributed by atoms with E-state index in [-0.39, 0.29) is 16.6 Å². The molecule has 0 saturated carbocycles. The van der Waals surface area contributed by atoms with Crippen molar-refractivity contribution >= 4 is 22.7 Å². The number of nitrogens with one attached hydrogen (secondary N) is 1. The number of carbonyl (C=O) groups is 1. The van der Waals surface area contributed by atoms with Gasteiger partial charge in [0.05, 0.1) is 0 Å². The summed E-state index contributed by atoms with van der Waals surface area (Å²) in [5.41, 5.74) is 5.55. The molecule has 0 atom stereocenters. The molecular weight excluding hydrogens is 164 g/mol. The van der Waals surface area contributed by atoms with E-state index in [4.69, 9.17) is 5.73 Å². The first-order valence-corrected chi connectivity index (χ1v) is 4.07. The van der Waals surface area contributed by atoms with Crippen molar-refractivity contribution in [3.63, 3.8) is 0 Å². The fourth-order valence-electron chi connectivity index (χ4n) is 0.589. The molecule has 0 aliphatic rings. The number of carbonyl (C=O) groups excluding carboxylic acids is 1. The first-order valence-electron chi connectivity index (χ1n) is 3.09. The molecular formula is C5H8N4OS. The van der Waals surface area contributed by atoms with Crippen molar-refractivity contribution in [1.82, 2.24) is 15.4 Å². The van der Waals surface area contributed by atoms with Crippen LogP contribution in [-0.2, 0) is 0 Å². The molecule has 11 heavy (non-hydrogen) atoms. The van der Waals surface area contributed by atoms with Gasteiger partial charge in [-0.15, -0.1) is 10.2 Å². The Bertz CT molecular complexity index is 259. The lowest BCUT2D eigenvalue weighted by Crippen LogP contribution is -1.99. The number of aromatic amines is 1. The minimum absolute atomic E-state index is 0.140. The van der Waals surface area contributed by atoms with Crippen LogP contribution < -0.4 is 5.73 Å². The second-order valence-corrected chi connectivity index (χ2v) is 3.01. The van der Waals surface area contributed by atoms with Gasteiger partial charge < -0.3 is 5.73 Å². The molecule has 1 aromatic rings. The highest BCUT2D eigenvalue weighted by Crippen LogP contribution is 2.12. The maximum absolute atomic E-state index is 11.1. The van der Waals surface area contributed by atoms with Gasteiger partial charge in [0, 0.05) is 0 Å². The van der Waals surface area contributed by atoms with Gasteiger partial charge in [-0.3, -0.25) is 4.79 Å². The van der Waals surface area contributed by atoms with E-state index in [0.717, 1.165) is 11.8 Å². The van der Waals surface area contributed by atoms with E-state index in [0.29, 0.717) is 5.75 Å². The van der Waals surface area contributed by atoms with Crippen LogP contribution in [0.4, 0.5) is 5.82 Å². The van der Waals surface area contributed by atoms with Crippen molar-refractivity contribution in [3.05, 3.63) is 5.69 Å². The highest BCUT2D eigenvalue weighted by molar-refractivity contribution is 8.14. The maximum Gasteiger partial charge on any atom is 0.243 e. The Morgan fingerprint density at radius 3 is 2.91 bits per heavy atom. The van der Waals surface area contributed by atoms with Crippen molar-refractivity contribution in [1.29, 1.82) is 0 Å². The molecule has 0 spiro atoms. The number of H-pyrrole nitrogens is 1. The van der Waals surface area contributed by atoms with Gasteiger partial charge in [0.1, 0.15) is 0 Å². The number of aromatic nitrogens is 3. The number of anilines is 1. The Labute approximate surface area is 67.7 Å². The number of hydrogen-bond acceptors (Lipinski definition) is 5. The Kier molecular flexibility index (Phi) is 2.48. The Hall–Kier alpha value is -1.04. The Morgan fingerprint density at radius 1 is 1.73 bits per heavy atom. The van der Waals surface area contributed by atoms with E-state index >= 15 is 0 Å². The zero-order valence-corrected chi connectivity index (χ0v) is 6.81. The number of nitrogens with zero attached hydrogens (tertiary/aromatic N) is 2. The molecule has 6 heteroatoms. The van der Waals surface area contributed by atoms with Crippen molar-refractivity contribution < 1.29 is 4.79 Å². The molecule has 5 nitrogen and oxygen atoms in total. The zero-order valence-electron chi connectivity index (χ0n) is 6.00. The van der Waals surface area contributed by atoms with Gasteiger partial charge in [-0.1, -0.05) is 18.7 Å². The van der Waals surface area contributed by atoms with E-state index in [2.05, 4.69) is 15.4 Å². The summed E-state index contributed by atoms with van der Waals surface area (Å²) in [6, 6.07) is 0. The van der Waals surface area contributed by atoms with Gasteiger partial charge >= 0.3 is 0 Å². The minimum Gasteiger partial charge on any atom is -0.380 e. The number of rotatable bonds is 2. The predicted octanol–water partition coefficient (Wildman–Crippen LogP) is 0.280. The van der Waals surface area contributed by atoms with Crippen molar-refractivity contribution in [3.8, 4) is 0 Å². The lowest BCUT2D eigenvalue weighted by Gasteiger charge is -1.91. The SMILES string of the molecule is CCSC(=O)c1n[nH]nc1N. The van der Waals surface area contributed by atoms with Crippen LogP contribution in [0.1, 0.15) is 17.4 Å². The summed E-state index contributed by atoms with van der Waals surface area (Å²) in [5.74, 6) is 0.876. The lowest BCUT2D eigenvalue weighted by atomic mass is 10.5. The van der Waals surface area contributed by atoms with Crippen LogP contribution in [0, 0.1) is 0 Å². The van der Waals surface area contributed by atoms with E-state index < -0.39 is 0 Å². The summed E-state index contributed by atoms with van der Waals surface area (Å²) in [4.78, 5) is 11.1. The monoisotopic (exact) mass is 172 g/mol. The molecule has 0 aliphatic carbocycles. The number of hydrogen-bond donors (Lipinski definition) is 2. The van der Waals surface area contributed by atoms with Crippen LogP contribution in [0.2, 0.25) is 0 Å². The second-order valence-electron chi connectivity index (χ2n) is 1.78. The lowest BCUT2D eigenvalue weighted by molar-refractivity contribution is 0.108. The standard InChI is InChI=1S/C5H8N4OS/c1-2-11-5(10)3-4(6)8-9-7-3/h2H2,1H3,(H3,6,7,8,9). The molecule has 3 N–H and O–H groups in total. The molecule has 0 radical (unpaired) electrons. The molecule has 0 aromatic carbocycles. The molecule has 0 amide bonds. The van der Waals surface area contributed by atoms with Crippen LogP contribution in [0.5, 0.6) is 0 Å². The highest BCUT2D eigenvalue weighted by Gasteiger charge is 2.12. The summed E-state index contributed by atoms with van der Waals surface area (Å²) in [7, 11) is 0. The average molecular weight is 172 g/mol. The summed E-state index contributed by atoms with van der Waals surface area (Å²) >= 11 is 1.16. The topological polar surface area (TPSA) is 84.7 Å². The van der Waals surface area contributed by atoms with Crippen LogP contribution in [-0.4, -0.2) is 26.3 Å². The highest BCUT2D eigenvalue weighted by atomic mass is 32.2.